The number of imidazole rings is 1. The molecule has 0 saturated heterocycles. The van der Waals surface area contributed by atoms with Crippen LogP contribution in [0.2, 0.25) is 0 Å². The van der Waals surface area contributed by atoms with Gasteiger partial charge in [-0.2, -0.15) is 18.2 Å². The van der Waals surface area contributed by atoms with Crippen LogP contribution in [0, 0.1) is 18.5 Å². The standard InChI is InChI=1S/C76H56N4OSi.Pt/c1-76(2,3)57-46-47-77-74(50-57)80-69-40-21-19-39-65(69)66-45-44-60(52-72(66)80)81-59-31-25-30-58(51-59)78-53-79(71-42-23-22-41-70(71)78)75-67(54-26-9-4-10-27-54)48-56(49-68(75)55-28-11-5-12-29-55)64-38-20-24-43-73(64)82(61-32-13-6-14-33-61,62-34-15-7-16-35-62)63-36-17-8-18-37-63;/h4-50H,1-3H3;/q-2;/i4D,5D,9D,10D,11D,12D,26D,27D,28D,29D;. The summed E-state index contributed by atoms with van der Waals surface area (Å²) in [7, 11) is -3.39. The van der Waals surface area contributed by atoms with Crippen molar-refractivity contribution in [2.24, 2.45) is 0 Å². The summed E-state index contributed by atoms with van der Waals surface area (Å²) in [6, 6.07) is 73.2. The Labute approximate surface area is 514 Å². The van der Waals surface area contributed by atoms with E-state index >= 15 is 0 Å². The first kappa shape index (κ1) is 42.4. The Kier molecular flexibility index (Phi) is 11.3. The van der Waals surface area contributed by atoms with Crippen LogP contribution in [-0.2, 0) is 26.5 Å². The Bertz CT molecular complexity index is 5030. The molecule has 402 valence electrons. The predicted octanol–water partition coefficient (Wildman–Crippen LogP) is 15.3. The fourth-order valence-electron chi connectivity index (χ4n) is 11.6. The molecule has 3 heterocycles. The van der Waals surface area contributed by atoms with Crippen molar-refractivity contribution < 1.29 is 44.1 Å². The van der Waals surface area contributed by atoms with Gasteiger partial charge in [0, 0.05) is 44.3 Å². The van der Waals surface area contributed by atoms with E-state index in [2.05, 4.69) is 104 Å². The second kappa shape index (κ2) is 22.1. The van der Waals surface area contributed by atoms with Crippen LogP contribution in [0.15, 0.2) is 285 Å². The van der Waals surface area contributed by atoms with Crippen molar-refractivity contribution in [2.75, 3.05) is 0 Å². The minimum Gasteiger partial charge on any atom is -0.510 e. The Balaban J connectivity index is 0.00000787. The number of hydrogen-bond donors (Lipinski definition) is 0. The molecule has 0 spiro atoms. The van der Waals surface area contributed by atoms with Crippen LogP contribution < -0.4 is 30.1 Å². The number of para-hydroxylation sites is 3. The molecule has 0 bridgehead atoms. The summed E-state index contributed by atoms with van der Waals surface area (Å²) in [5, 5.41) is 6.15. The van der Waals surface area contributed by atoms with E-state index in [0.29, 0.717) is 39.3 Å². The first-order valence-corrected chi connectivity index (χ1v) is 29.1. The summed E-state index contributed by atoms with van der Waals surface area (Å²) in [6.07, 6.45) is 5.40. The molecule has 14 rings (SSSR count). The molecule has 3 aromatic heterocycles. The van der Waals surface area contributed by atoms with E-state index in [9.17, 15) is 11.0 Å². The molecule has 14 aromatic rings. The fourth-order valence-corrected chi connectivity index (χ4v) is 16.6. The number of rotatable bonds is 12. The van der Waals surface area contributed by atoms with Crippen LogP contribution in [-0.4, -0.2) is 22.2 Å². The quantitative estimate of drug-likeness (QED) is 0.0529. The fraction of sp³-hybridized carbons (Fsp3) is 0.0526. The molecule has 0 N–H and O–H groups in total. The molecule has 7 heteroatoms. The first-order valence-electron chi connectivity index (χ1n) is 32.1. The zero-order chi connectivity index (χ0) is 63.9. The molecule has 0 saturated carbocycles. The van der Waals surface area contributed by atoms with Gasteiger partial charge < -0.3 is 13.9 Å². The van der Waals surface area contributed by atoms with Gasteiger partial charge in [-0.05, 0) is 107 Å². The largest absolute Gasteiger partial charge is 0.510 e. The summed E-state index contributed by atoms with van der Waals surface area (Å²) < 4.78 is 106. The third-order valence-corrected chi connectivity index (χ3v) is 20.2. The maximum absolute atomic E-state index is 9.74. The molecule has 83 heavy (non-hydrogen) atoms. The Morgan fingerprint density at radius 3 is 1.71 bits per heavy atom. The summed E-state index contributed by atoms with van der Waals surface area (Å²) in [5.74, 6) is 1.51. The maximum atomic E-state index is 9.74. The normalized spacial score (nSPS) is 13.4. The second-order valence-corrected chi connectivity index (χ2v) is 24.9. The number of ether oxygens (including phenoxy) is 1. The second-order valence-electron chi connectivity index (χ2n) is 21.2. The van der Waals surface area contributed by atoms with E-state index < -0.39 is 68.5 Å². The SMILES string of the molecule is [2H]c1c([2H])c([2H])c(-c2cc(-c3ccccc3[Si](c3ccccc3)(c3ccccc3)c3ccccc3)cc(-c3c([2H])c([2H])c([2H])c([2H])c3[2H])c2-[n+]2[c-]n(-c3[c-]c(Oc4[c-]c5c(cc4)c4ccccc4n5-c4cc(C(C)(C)C)ccn4)ccc3)c3ccccc32)c([2H])c1[2H].[Pt]. The van der Waals surface area contributed by atoms with Gasteiger partial charge in [-0.1, -0.05) is 244 Å². The number of fused-ring (bicyclic) bond motifs is 4. The minimum absolute atomic E-state index is 0. The van der Waals surface area contributed by atoms with Crippen molar-refractivity contribution in [1.29, 1.82) is 0 Å². The van der Waals surface area contributed by atoms with Gasteiger partial charge in [0.25, 0.3) is 6.33 Å². The molecule has 11 aromatic carbocycles. The van der Waals surface area contributed by atoms with E-state index in [1.807, 2.05) is 146 Å². The third kappa shape index (κ3) is 9.54. The Morgan fingerprint density at radius 2 is 1.07 bits per heavy atom. The molecule has 0 unspecified atom stereocenters. The van der Waals surface area contributed by atoms with Gasteiger partial charge in [0.05, 0.1) is 30.4 Å². The molecule has 0 fully saturated rings. The third-order valence-electron chi connectivity index (χ3n) is 15.3. The zero-order valence-corrected chi connectivity index (χ0v) is 48.6. The molecule has 0 atom stereocenters. The van der Waals surface area contributed by atoms with Crippen molar-refractivity contribution in [2.45, 2.75) is 26.2 Å². The van der Waals surface area contributed by atoms with Crippen LogP contribution >= 0.6 is 0 Å². The Morgan fingerprint density at radius 1 is 0.506 bits per heavy atom. The van der Waals surface area contributed by atoms with Crippen LogP contribution in [0.3, 0.4) is 0 Å². The van der Waals surface area contributed by atoms with Crippen molar-refractivity contribution in [3.05, 3.63) is 309 Å². The molecule has 0 aliphatic heterocycles. The molecule has 0 radical (unpaired) electrons. The predicted molar refractivity (Wildman–Crippen MR) is 339 cm³/mol. The van der Waals surface area contributed by atoms with Crippen molar-refractivity contribution in [3.63, 3.8) is 0 Å². The molecule has 0 amide bonds. The summed E-state index contributed by atoms with van der Waals surface area (Å²) in [5.41, 5.74) is 5.48. The zero-order valence-electron chi connectivity index (χ0n) is 55.4. The summed E-state index contributed by atoms with van der Waals surface area (Å²) in [6.45, 7) is 6.52. The van der Waals surface area contributed by atoms with Crippen LogP contribution in [0.4, 0.5) is 0 Å². The molecule has 0 aliphatic carbocycles. The summed E-state index contributed by atoms with van der Waals surface area (Å²) >= 11 is 0. The number of benzene rings is 11. The number of pyridine rings is 1. The number of nitrogens with zero attached hydrogens (tertiary/aromatic N) is 4. The minimum atomic E-state index is -3.39. The van der Waals surface area contributed by atoms with Crippen LogP contribution in [0.1, 0.15) is 40.0 Å². The van der Waals surface area contributed by atoms with Gasteiger partial charge >= 0.3 is 0 Å². The molecule has 0 aliphatic rings. The van der Waals surface area contributed by atoms with E-state index in [4.69, 9.17) is 12.5 Å². The van der Waals surface area contributed by atoms with Gasteiger partial charge in [0.2, 0.25) is 0 Å². The molecule has 5 nitrogen and oxygen atoms in total. The maximum Gasteiger partial charge on any atom is 0.268 e. The first-order chi connectivity index (χ1) is 44.4. The van der Waals surface area contributed by atoms with Gasteiger partial charge in [-0.15, -0.1) is 29.7 Å². The topological polar surface area (TPSA) is 35.9 Å². The van der Waals surface area contributed by atoms with E-state index in [1.54, 1.807) is 27.3 Å². The van der Waals surface area contributed by atoms with Gasteiger partial charge in [0.15, 0.2) is 8.07 Å². The van der Waals surface area contributed by atoms with Gasteiger partial charge in [-0.25, -0.2) is 4.98 Å². The Hall–Kier alpha value is -9.45. The smallest absolute Gasteiger partial charge is 0.268 e. The molecular weight excluding hydrogens is 1210 g/mol. The van der Waals surface area contributed by atoms with Gasteiger partial charge in [0.1, 0.15) is 5.82 Å². The monoisotopic (exact) mass is 1270 g/mol. The number of aromatic nitrogens is 4. The van der Waals surface area contributed by atoms with Crippen LogP contribution in [0.5, 0.6) is 11.5 Å². The van der Waals surface area contributed by atoms with E-state index in [1.165, 1.54) is 0 Å². The average molecular weight is 1270 g/mol. The van der Waals surface area contributed by atoms with Gasteiger partial charge in [-0.3, -0.25) is 4.57 Å². The van der Waals surface area contributed by atoms with E-state index in [0.717, 1.165) is 53.9 Å². The van der Waals surface area contributed by atoms with Crippen molar-refractivity contribution in [1.82, 2.24) is 14.1 Å². The van der Waals surface area contributed by atoms with Crippen molar-refractivity contribution in [3.8, 4) is 62.1 Å². The van der Waals surface area contributed by atoms with Crippen molar-refractivity contribution >= 4 is 61.7 Å². The number of hydrogen-bond acceptors (Lipinski definition) is 2. The van der Waals surface area contributed by atoms with E-state index in [-0.39, 0.29) is 54.4 Å². The average Bonchev–Trinajstić information content (AvgIpc) is 1.40. The molecular formula is C76H56N4OPtSi-2. The van der Waals surface area contributed by atoms with Crippen LogP contribution in [0.25, 0.3) is 83.4 Å². The summed E-state index contributed by atoms with van der Waals surface area (Å²) in [4.78, 5) is 4.85.